The molecular formula is C16H20N4O2. The fourth-order valence-corrected chi connectivity index (χ4v) is 3.07. The van der Waals surface area contributed by atoms with Gasteiger partial charge in [-0.3, -0.25) is 14.2 Å². The minimum Gasteiger partial charge on any atom is -0.337 e. The predicted octanol–water partition coefficient (Wildman–Crippen LogP) is 0.607. The zero-order valence-corrected chi connectivity index (χ0v) is 12.7. The number of likely N-dealkylation sites (N-methyl/N-ethyl adjacent to an activating group) is 1. The Balaban J connectivity index is 1.82. The van der Waals surface area contributed by atoms with Gasteiger partial charge in [0.05, 0.1) is 17.2 Å². The van der Waals surface area contributed by atoms with Crippen molar-refractivity contribution in [2.75, 3.05) is 20.1 Å². The number of benzene rings is 1. The van der Waals surface area contributed by atoms with Crippen molar-refractivity contribution >= 4 is 16.8 Å². The monoisotopic (exact) mass is 300 g/mol. The zero-order chi connectivity index (χ0) is 15.5. The van der Waals surface area contributed by atoms with Crippen molar-refractivity contribution in [2.24, 2.45) is 0 Å². The molecule has 0 bridgehead atoms. The van der Waals surface area contributed by atoms with Crippen LogP contribution in [0.2, 0.25) is 0 Å². The van der Waals surface area contributed by atoms with Gasteiger partial charge in [-0.05, 0) is 32.0 Å². The number of likely N-dealkylation sites (tertiary alicyclic amines) is 1. The average molecular weight is 300 g/mol. The van der Waals surface area contributed by atoms with E-state index in [2.05, 4.69) is 10.3 Å². The number of amides is 1. The highest BCUT2D eigenvalue weighted by Gasteiger charge is 2.28. The van der Waals surface area contributed by atoms with E-state index in [9.17, 15) is 9.59 Å². The lowest BCUT2D eigenvalue weighted by Gasteiger charge is -2.24. The minimum absolute atomic E-state index is 0.0167. The number of nitrogens with one attached hydrogen (secondary N) is 1. The Bertz CT molecular complexity index is 740. The molecule has 1 saturated heterocycles. The molecule has 1 amide bonds. The van der Waals surface area contributed by atoms with E-state index in [4.69, 9.17) is 0 Å². The summed E-state index contributed by atoms with van der Waals surface area (Å²) in [4.78, 5) is 31.1. The fourth-order valence-electron chi connectivity index (χ4n) is 3.07. The highest BCUT2D eigenvalue weighted by molar-refractivity contribution is 5.79. The normalized spacial score (nSPS) is 18.0. The standard InChI is InChI=1S/C16H20N4O2/c1-17-9-12-5-4-8-20(12)15(21)10-19-11-18-14-7-3-2-6-13(14)16(19)22/h2-3,6-7,11-12,17H,4-5,8-10H2,1H3. The van der Waals surface area contributed by atoms with Crippen molar-refractivity contribution in [3.8, 4) is 0 Å². The van der Waals surface area contributed by atoms with Gasteiger partial charge in [0.25, 0.3) is 5.56 Å². The summed E-state index contributed by atoms with van der Waals surface area (Å²) in [5.74, 6) is -0.0167. The maximum absolute atomic E-state index is 12.5. The molecule has 1 fully saturated rings. The lowest BCUT2D eigenvalue weighted by atomic mass is 10.2. The van der Waals surface area contributed by atoms with Gasteiger partial charge in [0, 0.05) is 19.1 Å². The van der Waals surface area contributed by atoms with Crippen molar-refractivity contribution < 1.29 is 4.79 Å². The Morgan fingerprint density at radius 2 is 2.23 bits per heavy atom. The summed E-state index contributed by atoms with van der Waals surface area (Å²) in [6.07, 6.45) is 3.49. The number of fused-ring (bicyclic) bond motifs is 1. The first-order valence-electron chi connectivity index (χ1n) is 7.59. The van der Waals surface area contributed by atoms with E-state index in [0.717, 1.165) is 25.9 Å². The smallest absolute Gasteiger partial charge is 0.261 e. The molecule has 1 N–H and O–H groups in total. The summed E-state index contributed by atoms with van der Waals surface area (Å²) >= 11 is 0. The molecule has 1 aliphatic heterocycles. The summed E-state index contributed by atoms with van der Waals surface area (Å²) in [6.45, 7) is 1.61. The van der Waals surface area contributed by atoms with Crippen LogP contribution >= 0.6 is 0 Å². The third-order valence-electron chi connectivity index (χ3n) is 4.17. The van der Waals surface area contributed by atoms with Crippen LogP contribution in [0.5, 0.6) is 0 Å². The molecule has 22 heavy (non-hydrogen) atoms. The molecule has 0 aliphatic carbocycles. The van der Waals surface area contributed by atoms with E-state index in [-0.39, 0.29) is 24.1 Å². The molecule has 1 atom stereocenters. The number of hydrogen-bond acceptors (Lipinski definition) is 4. The molecule has 1 aromatic carbocycles. The van der Waals surface area contributed by atoms with Crippen molar-refractivity contribution in [2.45, 2.75) is 25.4 Å². The Morgan fingerprint density at radius 1 is 1.41 bits per heavy atom. The second-order valence-corrected chi connectivity index (χ2v) is 5.64. The van der Waals surface area contributed by atoms with Crippen LogP contribution in [-0.2, 0) is 11.3 Å². The molecule has 6 nitrogen and oxygen atoms in total. The molecule has 2 heterocycles. The Labute approximate surface area is 128 Å². The van der Waals surface area contributed by atoms with Gasteiger partial charge in [-0.25, -0.2) is 4.98 Å². The lowest BCUT2D eigenvalue weighted by molar-refractivity contribution is -0.132. The Hall–Kier alpha value is -2.21. The topological polar surface area (TPSA) is 67.2 Å². The second kappa shape index (κ2) is 6.27. The van der Waals surface area contributed by atoms with Crippen LogP contribution in [0, 0.1) is 0 Å². The quantitative estimate of drug-likeness (QED) is 0.898. The van der Waals surface area contributed by atoms with Gasteiger partial charge in [0.1, 0.15) is 6.54 Å². The SMILES string of the molecule is CNCC1CCCN1C(=O)Cn1cnc2ccccc2c1=O. The maximum atomic E-state index is 12.5. The Kier molecular flexibility index (Phi) is 4.20. The van der Waals surface area contributed by atoms with Crippen LogP contribution in [0.25, 0.3) is 10.9 Å². The van der Waals surface area contributed by atoms with Gasteiger partial charge in [0.15, 0.2) is 0 Å². The summed E-state index contributed by atoms with van der Waals surface area (Å²) < 4.78 is 1.40. The van der Waals surface area contributed by atoms with Crippen LogP contribution < -0.4 is 10.9 Å². The Morgan fingerprint density at radius 3 is 3.05 bits per heavy atom. The van der Waals surface area contributed by atoms with Crippen molar-refractivity contribution in [3.05, 3.63) is 40.9 Å². The van der Waals surface area contributed by atoms with Crippen molar-refractivity contribution in [1.29, 1.82) is 0 Å². The van der Waals surface area contributed by atoms with E-state index in [1.54, 1.807) is 18.2 Å². The summed E-state index contributed by atoms with van der Waals surface area (Å²) in [7, 11) is 1.89. The molecule has 2 aromatic rings. The first-order valence-corrected chi connectivity index (χ1v) is 7.59. The van der Waals surface area contributed by atoms with Crippen molar-refractivity contribution in [3.63, 3.8) is 0 Å². The second-order valence-electron chi connectivity index (χ2n) is 5.64. The van der Waals surface area contributed by atoms with Gasteiger partial charge < -0.3 is 10.2 Å². The van der Waals surface area contributed by atoms with Crippen LogP contribution in [0.3, 0.4) is 0 Å². The highest BCUT2D eigenvalue weighted by Crippen LogP contribution is 2.17. The minimum atomic E-state index is -0.164. The van der Waals surface area contributed by atoms with Crippen LogP contribution in [-0.4, -0.2) is 46.5 Å². The number of aromatic nitrogens is 2. The average Bonchev–Trinajstić information content (AvgIpc) is 2.99. The molecule has 0 saturated carbocycles. The molecule has 1 aliphatic rings. The van der Waals surface area contributed by atoms with E-state index >= 15 is 0 Å². The summed E-state index contributed by atoms with van der Waals surface area (Å²) in [5, 5.41) is 3.67. The first-order chi connectivity index (χ1) is 10.7. The molecule has 1 aromatic heterocycles. The number of para-hydroxylation sites is 1. The van der Waals surface area contributed by atoms with E-state index in [0.29, 0.717) is 10.9 Å². The van der Waals surface area contributed by atoms with E-state index in [1.807, 2.05) is 18.0 Å². The number of rotatable bonds is 4. The van der Waals surface area contributed by atoms with Gasteiger partial charge in [-0.1, -0.05) is 12.1 Å². The van der Waals surface area contributed by atoms with Crippen molar-refractivity contribution in [1.82, 2.24) is 19.8 Å². The van der Waals surface area contributed by atoms with Gasteiger partial charge >= 0.3 is 0 Å². The first kappa shape index (κ1) is 14.7. The predicted molar refractivity (Wildman–Crippen MR) is 84.7 cm³/mol. The zero-order valence-electron chi connectivity index (χ0n) is 12.7. The number of carbonyl (C=O) groups excluding carboxylic acids is 1. The van der Waals surface area contributed by atoms with Crippen LogP contribution in [0.15, 0.2) is 35.4 Å². The third-order valence-corrected chi connectivity index (χ3v) is 4.17. The molecular weight excluding hydrogens is 280 g/mol. The van der Waals surface area contributed by atoms with Crippen LogP contribution in [0.4, 0.5) is 0 Å². The van der Waals surface area contributed by atoms with E-state index in [1.165, 1.54) is 10.9 Å². The largest absolute Gasteiger partial charge is 0.337 e. The molecule has 3 rings (SSSR count). The highest BCUT2D eigenvalue weighted by atomic mass is 16.2. The number of nitrogens with zero attached hydrogens (tertiary/aromatic N) is 3. The lowest BCUT2D eigenvalue weighted by Crippen LogP contribution is -2.43. The fraction of sp³-hybridized carbons (Fsp3) is 0.438. The summed E-state index contributed by atoms with van der Waals surface area (Å²) in [6, 6.07) is 7.41. The summed E-state index contributed by atoms with van der Waals surface area (Å²) in [5.41, 5.74) is 0.494. The molecule has 1 unspecified atom stereocenters. The number of hydrogen-bond donors (Lipinski definition) is 1. The van der Waals surface area contributed by atoms with Gasteiger partial charge in [-0.15, -0.1) is 0 Å². The van der Waals surface area contributed by atoms with Gasteiger partial charge in [-0.2, -0.15) is 0 Å². The molecule has 116 valence electrons. The third kappa shape index (κ3) is 2.74. The van der Waals surface area contributed by atoms with E-state index < -0.39 is 0 Å². The maximum Gasteiger partial charge on any atom is 0.261 e. The molecule has 0 radical (unpaired) electrons. The van der Waals surface area contributed by atoms with Crippen LogP contribution in [0.1, 0.15) is 12.8 Å². The molecule has 6 heteroatoms. The van der Waals surface area contributed by atoms with Gasteiger partial charge in [0.2, 0.25) is 5.91 Å². The number of carbonyl (C=O) groups is 1. The molecule has 0 spiro atoms.